The molecule has 86 valence electrons. The lowest BCUT2D eigenvalue weighted by molar-refractivity contribution is -0.119. The molecule has 0 aliphatic rings. The van der Waals surface area contributed by atoms with Gasteiger partial charge in [-0.2, -0.15) is 0 Å². The monoisotopic (exact) mass is 245 g/mol. The lowest BCUT2D eigenvalue weighted by Gasteiger charge is -2.07. The molecule has 6 nitrogen and oxygen atoms in total. The molecule has 0 aromatic carbocycles. The van der Waals surface area contributed by atoms with Gasteiger partial charge in [-0.3, -0.25) is 10.2 Å². The summed E-state index contributed by atoms with van der Waals surface area (Å²) < 4.78 is 0. The van der Waals surface area contributed by atoms with Gasteiger partial charge in [0.15, 0.2) is 5.96 Å². The molecular formula is C6H17Cl2N5O. The summed E-state index contributed by atoms with van der Waals surface area (Å²) in [7, 11) is 0. The number of hydrogen-bond donors (Lipinski definition) is 5. The maximum absolute atomic E-state index is 10.4. The van der Waals surface area contributed by atoms with E-state index < -0.39 is 11.9 Å². The number of amides is 1. The Hall–Kier alpha value is -0.720. The van der Waals surface area contributed by atoms with Gasteiger partial charge in [-0.25, -0.2) is 0 Å². The van der Waals surface area contributed by atoms with Crippen LogP contribution in [0, 0.1) is 5.41 Å². The Labute approximate surface area is 95.3 Å². The van der Waals surface area contributed by atoms with Gasteiger partial charge in [0.1, 0.15) is 0 Å². The fourth-order valence-corrected chi connectivity index (χ4v) is 0.687. The maximum atomic E-state index is 10.4. The number of guanidine groups is 1. The van der Waals surface area contributed by atoms with E-state index in [1.165, 1.54) is 0 Å². The molecule has 0 saturated carbocycles. The maximum Gasteiger partial charge on any atom is 0.234 e. The van der Waals surface area contributed by atoms with E-state index >= 15 is 0 Å². The van der Waals surface area contributed by atoms with Crippen molar-refractivity contribution < 1.29 is 4.79 Å². The van der Waals surface area contributed by atoms with Crippen molar-refractivity contribution in [2.24, 2.45) is 17.2 Å². The molecule has 1 amide bonds. The van der Waals surface area contributed by atoms with E-state index in [-0.39, 0.29) is 30.8 Å². The quantitative estimate of drug-likeness (QED) is 0.239. The predicted molar refractivity (Wildman–Crippen MR) is 60.8 cm³/mol. The van der Waals surface area contributed by atoms with Crippen LogP contribution in [0.2, 0.25) is 0 Å². The number of halogens is 2. The summed E-state index contributed by atoms with van der Waals surface area (Å²) >= 11 is 0. The zero-order valence-electron chi connectivity index (χ0n) is 7.66. The molecule has 0 saturated heterocycles. The standard InChI is InChI=1S/C6H15N5O.2ClH/c7-4(5(8)12)2-1-3-11-6(9)10;;/h4H,1-3,7H2,(H2,8,12)(H4,9,10,11);2*1H/t4-;;/m0../s1. The van der Waals surface area contributed by atoms with Crippen molar-refractivity contribution in [3.05, 3.63) is 0 Å². The van der Waals surface area contributed by atoms with E-state index in [0.717, 1.165) is 0 Å². The zero-order valence-corrected chi connectivity index (χ0v) is 9.29. The van der Waals surface area contributed by atoms with Gasteiger partial charge < -0.3 is 22.5 Å². The highest BCUT2D eigenvalue weighted by atomic mass is 35.5. The van der Waals surface area contributed by atoms with E-state index in [9.17, 15) is 4.79 Å². The number of nitrogens with two attached hydrogens (primary N) is 3. The van der Waals surface area contributed by atoms with E-state index in [1.54, 1.807) is 0 Å². The Bertz CT molecular complexity index is 178. The summed E-state index contributed by atoms with van der Waals surface area (Å²) in [6.07, 6.45) is 1.18. The smallest absolute Gasteiger partial charge is 0.234 e. The first kappa shape index (κ1) is 18.9. The van der Waals surface area contributed by atoms with E-state index in [2.05, 4.69) is 5.32 Å². The summed E-state index contributed by atoms with van der Waals surface area (Å²) in [6.45, 7) is 0.538. The molecule has 14 heavy (non-hydrogen) atoms. The van der Waals surface area contributed by atoms with Crippen LogP contribution in [0.15, 0.2) is 0 Å². The minimum Gasteiger partial charge on any atom is -0.370 e. The molecule has 0 aromatic heterocycles. The number of carbonyl (C=O) groups excluding carboxylic acids is 1. The van der Waals surface area contributed by atoms with E-state index in [1.807, 2.05) is 0 Å². The van der Waals surface area contributed by atoms with Crippen molar-refractivity contribution in [3.8, 4) is 0 Å². The fraction of sp³-hybridized carbons (Fsp3) is 0.667. The molecule has 8 N–H and O–H groups in total. The molecular weight excluding hydrogens is 229 g/mol. The van der Waals surface area contributed by atoms with Crippen LogP contribution >= 0.6 is 24.8 Å². The van der Waals surface area contributed by atoms with Crippen LogP contribution in [-0.4, -0.2) is 24.5 Å². The molecule has 0 aliphatic carbocycles. The Kier molecular flexibility index (Phi) is 14.0. The molecule has 0 spiro atoms. The molecule has 0 rings (SSSR count). The first-order valence-electron chi connectivity index (χ1n) is 3.67. The summed E-state index contributed by atoms with van der Waals surface area (Å²) in [6, 6.07) is -0.598. The van der Waals surface area contributed by atoms with Crippen molar-refractivity contribution in [1.82, 2.24) is 5.32 Å². The highest BCUT2D eigenvalue weighted by Crippen LogP contribution is 1.91. The van der Waals surface area contributed by atoms with E-state index in [4.69, 9.17) is 22.6 Å². The van der Waals surface area contributed by atoms with Gasteiger partial charge in [0.2, 0.25) is 5.91 Å². The summed E-state index contributed by atoms with van der Waals surface area (Å²) in [4.78, 5) is 10.4. The molecule has 0 aliphatic heterocycles. The van der Waals surface area contributed by atoms with Crippen molar-refractivity contribution >= 4 is 36.7 Å². The second kappa shape index (κ2) is 10.4. The average molecular weight is 246 g/mol. The highest BCUT2D eigenvalue weighted by molar-refractivity contribution is 5.85. The van der Waals surface area contributed by atoms with Gasteiger partial charge in [-0.05, 0) is 12.8 Å². The molecule has 0 radical (unpaired) electrons. The van der Waals surface area contributed by atoms with Crippen LogP contribution in [0.3, 0.4) is 0 Å². The average Bonchev–Trinajstić information content (AvgIpc) is 1.97. The van der Waals surface area contributed by atoms with Gasteiger partial charge in [0.25, 0.3) is 0 Å². The van der Waals surface area contributed by atoms with E-state index in [0.29, 0.717) is 19.4 Å². The highest BCUT2D eigenvalue weighted by Gasteiger charge is 2.07. The first-order chi connectivity index (χ1) is 5.54. The Morgan fingerprint density at radius 3 is 2.21 bits per heavy atom. The number of rotatable bonds is 5. The van der Waals surface area contributed by atoms with Crippen LogP contribution in [0.25, 0.3) is 0 Å². The molecule has 1 atom stereocenters. The number of primary amides is 1. The van der Waals surface area contributed by atoms with Gasteiger partial charge in [-0.15, -0.1) is 24.8 Å². The van der Waals surface area contributed by atoms with Gasteiger partial charge in [0, 0.05) is 6.54 Å². The lowest BCUT2D eigenvalue weighted by atomic mass is 10.1. The SMILES string of the molecule is Cl.Cl.N=C(N)NCCC[C@H](N)C(N)=O. The second-order valence-corrected chi connectivity index (χ2v) is 2.49. The minimum absolute atomic E-state index is 0. The summed E-state index contributed by atoms with van der Waals surface area (Å²) in [5, 5.41) is 9.40. The third-order valence-electron chi connectivity index (χ3n) is 1.37. The predicted octanol–water partition coefficient (Wildman–Crippen LogP) is -1.09. The van der Waals surface area contributed by atoms with Crippen molar-refractivity contribution in [2.75, 3.05) is 6.54 Å². The Balaban J connectivity index is -0.000000605. The van der Waals surface area contributed by atoms with Crippen molar-refractivity contribution in [3.63, 3.8) is 0 Å². The van der Waals surface area contributed by atoms with Crippen molar-refractivity contribution in [2.45, 2.75) is 18.9 Å². The molecule has 8 heteroatoms. The van der Waals surface area contributed by atoms with Crippen LogP contribution in [-0.2, 0) is 4.79 Å². The summed E-state index contributed by atoms with van der Waals surface area (Å²) in [5.41, 5.74) is 15.3. The third kappa shape index (κ3) is 11.3. The van der Waals surface area contributed by atoms with Crippen LogP contribution in [0.1, 0.15) is 12.8 Å². The molecule has 0 bridgehead atoms. The molecule has 0 unspecified atom stereocenters. The van der Waals surface area contributed by atoms with Gasteiger partial charge in [0.05, 0.1) is 6.04 Å². The Morgan fingerprint density at radius 1 is 1.36 bits per heavy atom. The topological polar surface area (TPSA) is 131 Å². The molecule has 0 aromatic rings. The fourth-order valence-electron chi connectivity index (χ4n) is 0.687. The number of hydrogen-bond acceptors (Lipinski definition) is 3. The number of nitrogens with one attached hydrogen (secondary N) is 2. The van der Waals surface area contributed by atoms with Crippen LogP contribution in [0.4, 0.5) is 0 Å². The lowest BCUT2D eigenvalue weighted by Crippen LogP contribution is -2.37. The molecule has 0 fully saturated rings. The van der Waals surface area contributed by atoms with Crippen molar-refractivity contribution in [1.29, 1.82) is 5.41 Å². The third-order valence-corrected chi connectivity index (χ3v) is 1.37. The first-order valence-corrected chi connectivity index (χ1v) is 3.67. The van der Waals surface area contributed by atoms with Gasteiger partial charge in [-0.1, -0.05) is 0 Å². The second-order valence-electron chi connectivity index (χ2n) is 2.49. The summed E-state index contributed by atoms with van der Waals surface area (Å²) in [5.74, 6) is -0.583. The zero-order chi connectivity index (χ0) is 9.56. The van der Waals surface area contributed by atoms with Gasteiger partial charge >= 0.3 is 0 Å². The number of carbonyl (C=O) groups is 1. The Morgan fingerprint density at radius 2 is 1.86 bits per heavy atom. The largest absolute Gasteiger partial charge is 0.370 e. The van der Waals surface area contributed by atoms with Crippen LogP contribution in [0.5, 0.6) is 0 Å². The normalized spacial score (nSPS) is 10.4. The minimum atomic E-state index is -0.598. The van der Waals surface area contributed by atoms with Crippen LogP contribution < -0.4 is 22.5 Å². The molecule has 0 heterocycles.